The topological polar surface area (TPSA) is 135 Å². The average molecular weight is 450 g/mol. The Morgan fingerprint density at radius 2 is 2.00 bits per heavy atom. The molecule has 0 aromatic heterocycles. The molecule has 1 unspecified atom stereocenters. The highest BCUT2D eigenvalue weighted by molar-refractivity contribution is 5.90. The van der Waals surface area contributed by atoms with Crippen LogP contribution in [0.25, 0.3) is 0 Å². The zero-order valence-corrected chi connectivity index (χ0v) is 17.7. The van der Waals surface area contributed by atoms with Gasteiger partial charge >= 0.3 is 6.09 Å². The lowest BCUT2D eigenvalue weighted by atomic mass is 10.2. The normalized spacial score (nSPS) is 26.2. The maximum Gasteiger partial charge on any atom is 0.414 e. The number of amides is 2. The van der Waals surface area contributed by atoms with Crippen molar-refractivity contribution in [2.24, 2.45) is 17.8 Å². The quantitative estimate of drug-likeness (QED) is 0.331. The molecule has 174 valence electrons. The number of aliphatic hydroxyl groups is 2. The minimum atomic E-state index is -0.792. The third-order valence-corrected chi connectivity index (χ3v) is 6.23. The van der Waals surface area contributed by atoms with Crippen LogP contribution < -0.4 is 15.1 Å². The summed E-state index contributed by atoms with van der Waals surface area (Å²) in [6.07, 6.45) is -1.87. The lowest BCUT2D eigenvalue weighted by Crippen LogP contribution is -2.33. The molecule has 2 saturated heterocycles. The van der Waals surface area contributed by atoms with E-state index < -0.39 is 24.1 Å². The van der Waals surface area contributed by atoms with Gasteiger partial charge in [-0.25, -0.2) is 9.18 Å². The summed E-state index contributed by atoms with van der Waals surface area (Å²) in [5, 5.41) is 28.9. The van der Waals surface area contributed by atoms with Crippen LogP contribution in [0.2, 0.25) is 0 Å². The number of anilines is 2. The summed E-state index contributed by atoms with van der Waals surface area (Å²) in [6, 6.07) is 4.60. The van der Waals surface area contributed by atoms with E-state index in [0.29, 0.717) is 24.5 Å². The standard InChI is InChI=1S/C21H27FN4O6/c1-11(29)24-5-13-6-26(21(30)32-13)12-2-3-18(17(22)4-12)25-7-15-16(8-25)19(15)20(23)31-14(9-27)10-28/h2-4,13-16,19,23,27-28H,5-10H2,1H3,(H,24,29)/t13-,15-,16+,19?/m0/s1. The second-order valence-corrected chi connectivity index (χ2v) is 8.42. The van der Waals surface area contributed by atoms with Gasteiger partial charge in [0.15, 0.2) is 5.90 Å². The van der Waals surface area contributed by atoms with E-state index in [1.165, 1.54) is 17.9 Å². The van der Waals surface area contributed by atoms with Crippen LogP contribution in [0.1, 0.15) is 6.92 Å². The Morgan fingerprint density at radius 3 is 2.59 bits per heavy atom. The number of piperidine rings is 1. The van der Waals surface area contributed by atoms with Gasteiger partial charge in [-0.2, -0.15) is 0 Å². The van der Waals surface area contributed by atoms with Crippen LogP contribution in [0.3, 0.4) is 0 Å². The third-order valence-electron chi connectivity index (χ3n) is 6.23. The number of rotatable bonds is 8. The summed E-state index contributed by atoms with van der Waals surface area (Å²) in [7, 11) is 0. The van der Waals surface area contributed by atoms with Gasteiger partial charge in [-0.1, -0.05) is 0 Å². The number of aliphatic hydroxyl groups excluding tert-OH is 2. The first-order chi connectivity index (χ1) is 15.3. The minimum Gasteiger partial charge on any atom is -0.473 e. The van der Waals surface area contributed by atoms with Gasteiger partial charge in [0.1, 0.15) is 18.0 Å². The van der Waals surface area contributed by atoms with Crippen LogP contribution in [0.5, 0.6) is 0 Å². The molecular weight excluding hydrogens is 423 g/mol. The van der Waals surface area contributed by atoms with Crippen molar-refractivity contribution in [3.05, 3.63) is 24.0 Å². The Morgan fingerprint density at radius 1 is 1.31 bits per heavy atom. The number of hydrogen-bond acceptors (Lipinski definition) is 8. The largest absolute Gasteiger partial charge is 0.473 e. The zero-order chi connectivity index (χ0) is 23.0. The van der Waals surface area contributed by atoms with E-state index in [-0.39, 0.29) is 55.9 Å². The van der Waals surface area contributed by atoms with Crippen molar-refractivity contribution in [3.63, 3.8) is 0 Å². The number of nitrogens with one attached hydrogen (secondary N) is 2. The van der Waals surface area contributed by atoms with E-state index in [1.807, 2.05) is 4.90 Å². The molecule has 11 heteroatoms. The van der Waals surface area contributed by atoms with Crippen LogP contribution in [0, 0.1) is 29.0 Å². The monoisotopic (exact) mass is 450 g/mol. The average Bonchev–Trinajstić information content (AvgIpc) is 3.07. The number of nitrogens with zero attached hydrogens (tertiary/aromatic N) is 2. The van der Waals surface area contributed by atoms with E-state index in [9.17, 15) is 14.0 Å². The Kier molecular flexibility index (Phi) is 6.20. The SMILES string of the molecule is CC(=O)NC[C@H]1CN(c2ccc(N3C[C@@H]4C(C(=N)OC(CO)CO)[C@@H]4C3)c(F)c2)C(=O)O1. The van der Waals surface area contributed by atoms with Gasteiger partial charge in [0.05, 0.1) is 37.7 Å². The molecule has 3 fully saturated rings. The molecule has 4 atom stereocenters. The Hall–Kier alpha value is -2.92. The van der Waals surface area contributed by atoms with Crippen molar-refractivity contribution >= 4 is 29.3 Å². The molecule has 2 amide bonds. The molecule has 2 heterocycles. The third kappa shape index (κ3) is 4.35. The van der Waals surface area contributed by atoms with E-state index >= 15 is 0 Å². The Bertz CT molecular complexity index is 898. The van der Waals surface area contributed by atoms with Gasteiger partial charge in [-0.3, -0.25) is 15.1 Å². The second-order valence-electron chi connectivity index (χ2n) is 8.42. The van der Waals surface area contributed by atoms with E-state index in [0.717, 1.165) is 0 Å². The van der Waals surface area contributed by atoms with Crippen LogP contribution in [-0.2, 0) is 14.3 Å². The minimum absolute atomic E-state index is 0.0601. The van der Waals surface area contributed by atoms with Crippen LogP contribution >= 0.6 is 0 Å². The Balaban J connectivity index is 1.34. The molecule has 2 aliphatic heterocycles. The molecule has 0 radical (unpaired) electrons. The fourth-order valence-corrected chi connectivity index (χ4v) is 4.52. The Labute approximate surface area is 184 Å². The van der Waals surface area contributed by atoms with Gasteiger partial charge in [-0.05, 0) is 30.0 Å². The lowest BCUT2D eigenvalue weighted by molar-refractivity contribution is -0.119. The highest BCUT2D eigenvalue weighted by Gasteiger charge is 2.59. The summed E-state index contributed by atoms with van der Waals surface area (Å²) < 4.78 is 25.4. The molecule has 0 spiro atoms. The number of carbonyl (C=O) groups is 2. The summed E-state index contributed by atoms with van der Waals surface area (Å²) in [5.74, 6) is -0.348. The van der Waals surface area contributed by atoms with Crippen molar-refractivity contribution in [1.29, 1.82) is 5.41 Å². The predicted molar refractivity (Wildman–Crippen MR) is 112 cm³/mol. The van der Waals surface area contributed by atoms with E-state index in [2.05, 4.69) is 5.32 Å². The zero-order valence-electron chi connectivity index (χ0n) is 17.7. The van der Waals surface area contributed by atoms with Gasteiger partial charge in [0.2, 0.25) is 5.91 Å². The van der Waals surface area contributed by atoms with Crippen molar-refractivity contribution < 1.29 is 33.7 Å². The summed E-state index contributed by atoms with van der Waals surface area (Å²) in [6.45, 7) is 2.23. The van der Waals surface area contributed by atoms with E-state index in [4.69, 9.17) is 25.1 Å². The summed E-state index contributed by atoms with van der Waals surface area (Å²) in [4.78, 5) is 26.4. The number of halogens is 1. The van der Waals surface area contributed by atoms with Crippen molar-refractivity contribution in [2.45, 2.75) is 19.1 Å². The van der Waals surface area contributed by atoms with Crippen LogP contribution in [0.15, 0.2) is 18.2 Å². The first-order valence-electron chi connectivity index (χ1n) is 10.6. The number of ether oxygens (including phenoxy) is 2. The summed E-state index contributed by atoms with van der Waals surface area (Å²) in [5.41, 5.74) is 0.816. The molecular formula is C21H27FN4O6. The molecule has 1 saturated carbocycles. The van der Waals surface area contributed by atoms with Gasteiger partial charge < -0.3 is 29.9 Å². The smallest absolute Gasteiger partial charge is 0.414 e. The van der Waals surface area contributed by atoms with E-state index in [1.54, 1.807) is 12.1 Å². The predicted octanol–water partition coefficient (Wildman–Crippen LogP) is 0.316. The number of hydrogen-bond donors (Lipinski definition) is 4. The number of benzene rings is 1. The lowest BCUT2D eigenvalue weighted by Gasteiger charge is -2.24. The molecule has 3 aliphatic rings. The number of fused-ring (bicyclic) bond motifs is 1. The van der Waals surface area contributed by atoms with Crippen molar-refractivity contribution in [2.75, 3.05) is 49.2 Å². The fraction of sp³-hybridized carbons (Fsp3) is 0.571. The molecule has 1 aromatic carbocycles. The number of cyclic esters (lactones) is 1. The first-order valence-corrected chi connectivity index (χ1v) is 10.6. The van der Waals surface area contributed by atoms with Crippen LogP contribution in [0.4, 0.5) is 20.6 Å². The molecule has 0 bridgehead atoms. The molecule has 32 heavy (non-hydrogen) atoms. The first kappa shape index (κ1) is 22.3. The molecule has 4 rings (SSSR count). The fourth-order valence-electron chi connectivity index (χ4n) is 4.52. The van der Waals surface area contributed by atoms with Crippen molar-refractivity contribution in [3.8, 4) is 0 Å². The number of carbonyl (C=O) groups excluding carboxylic acids is 2. The maximum atomic E-state index is 14.9. The highest BCUT2D eigenvalue weighted by atomic mass is 19.1. The van der Waals surface area contributed by atoms with Crippen molar-refractivity contribution in [1.82, 2.24) is 5.32 Å². The van der Waals surface area contributed by atoms with Crippen LogP contribution in [-0.4, -0.2) is 79.7 Å². The second kappa shape index (κ2) is 8.91. The van der Waals surface area contributed by atoms with Gasteiger partial charge in [-0.15, -0.1) is 0 Å². The maximum absolute atomic E-state index is 14.9. The summed E-state index contributed by atoms with van der Waals surface area (Å²) >= 11 is 0. The molecule has 1 aromatic rings. The van der Waals surface area contributed by atoms with Gasteiger partial charge in [0, 0.05) is 25.9 Å². The molecule has 10 nitrogen and oxygen atoms in total. The highest BCUT2D eigenvalue weighted by Crippen LogP contribution is 2.53. The molecule has 1 aliphatic carbocycles. The molecule has 4 N–H and O–H groups in total. The van der Waals surface area contributed by atoms with Gasteiger partial charge in [0.25, 0.3) is 0 Å².